The van der Waals surface area contributed by atoms with E-state index in [1.807, 2.05) is 6.92 Å². The summed E-state index contributed by atoms with van der Waals surface area (Å²) in [6.45, 7) is 5.08. The lowest BCUT2D eigenvalue weighted by Crippen LogP contribution is -2.28. The minimum Gasteiger partial charge on any atom is -0.313 e. The van der Waals surface area contributed by atoms with E-state index in [1.165, 1.54) is 5.56 Å². The van der Waals surface area contributed by atoms with Gasteiger partial charge < -0.3 is 5.32 Å². The van der Waals surface area contributed by atoms with Crippen LogP contribution in [0.2, 0.25) is 0 Å². The molecule has 0 saturated carbocycles. The molecule has 0 spiro atoms. The Bertz CT molecular complexity index is 318. The first-order chi connectivity index (χ1) is 7.33. The molecular weight excluding hydrogens is 182 g/mol. The van der Waals surface area contributed by atoms with E-state index in [4.69, 9.17) is 0 Å². The standard InChI is InChI=1S/C14H19N/c1-3-4-8-11-15-13(2)12-14-9-6-5-7-10-14/h5-7,9-10,13,15H,8,11-12H2,1-2H3. The topological polar surface area (TPSA) is 12.0 Å². The molecule has 0 saturated heterocycles. The van der Waals surface area contributed by atoms with Crippen molar-refractivity contribution >= 4 is 0 Å². The Morgan fingerprint density at radius 3 is 2.67 bits per heavy atom. The van der Waals surface area contributed by atoms with Gasteiger partial charge in [-0.1, -0.05) is 30.3 Å². The Balaban J connectivity index is 2.23. The van der Waals surface area contributed by atoms with Crippen molar-refractivity contribution in [2.24, 2.45) is 0 Å². The molecule has 1 aromatic carbocycles. The van der Waals surface area contributed by atoms with Crippen molar-refractivity contribution in [3.63, 3.8) is 0 Å². The van der Waals surface area contributed by atoms with Crippen LogP contribution in [0, 0.1) is 11.8 Å². The molecule has 0 bridgehead atoms. The summed E-state index contributed by atoms with van der Waals surface area (Å²) in [7, 11) is 0. The molecule has 15 heavy (non-hydrogen) atoms. The van der Waals surface area contributed by atoms with Gasteiger partial charge in [0, 0.05) is 19.0 Å². The Morgan fingerprint density at radius 1 is 1.27 bits per heavy atom. The fourth-order valence-corrected chi connectivity index (χ4v) is 1.55. The van der Waals surface area contributed by atoms with Crippen LogP contribution in [0.1, 0.15) is 25.8 Å². The Labute approximate surface area is 92.9 Å². The first-order valence-corrected chi connectivity index (χ1v) is 5.50. The van der Waals surface area contributed by atoms with Crippen molar-refractivity contribution in [1.82, 2.24) is 5.32 Å². The van der Waals surface area contributed by atoms with Crippen LogP contribution in [0.3, 0.4) is 0 Å². The molecule has 1 rings (SSSR count). The lowest BCUT2D eigenvalue weighted by molar-refractivity contribution is 0.554. The van der Waals surface area contributed by atoms with Gasteiger partial charge >= 0.3 is 0 Å². The zero-order valence-electron chi connectivity index (χ0n) is 9.59. The summed E-state index contributed by atoms with van der Waals surface area (Å²) in [4.78, 5) is 0. The molecule has 0 amide bonds. The molecule has 1 heteroatoms. The highest BCUT2D eigenvalue weighted by Gasteiger charge is 2.00. The van der Waals surface area contributed by atoms with E-state index in [9.17, 15) is 0 Å². The highest BCUT2D eigenvalue weighted by Crippen LogP contribution is 2.02. The van der Waals surface area contributed by atoms with Gasteiger partial charge in [0.05, 0.1) is 0 Å². The van der Waals surface area contributed by atoms with Gasteiger partial charge in [0.15, 0.2) is 0 Å². The zero-order valence-corrected chi connectivity index (χ0v) is 9.59. The van der Waals surface area contributed by atoms with Gasteiger partial charge in [0.1, 0.15) is 0 Å². The van der Waals surface area contributed by atoms with Crippen LogP contribution in [-0.2, 0) is 6.42 Å². The predicted molar refractivity (Wildman–Crippen MR) is 65.7 cm³/mol. The molecule has 1 atom stereocenters. The van der Waals surface area contributed by atoms with Crippen LogP contribution in [-0.4, -0.2) is 12.6 Å². The summed E-state index contributed by atoms with van der Waals surface area (Å²) in [6, 6.07) is 11.1. The number of hydrogen-bond donors (Lipinski definition) is 1. The van der Waals surface area contributed by atoms with Crippen LogP contribution >= 0.6 is 0 Å². The van der Waals surface area contributed by atoms with Crippen molar-refractivity contribution in [2.45, 2.75) is 32.7 Å². The van der Waals surface area contributed by atoms with Crippen molar-refractivity contribution in [3.05, 3.63) is 35.9 Å². The normalized spacial score (nSPS) is 11.6. The molecule has 80 valence electrons. The van der Waals surface area contributed by atoms with E-state index < -0.39 is 0 Å². The fraction of sp³-hybridized carbons (Fsp3) is 0.429. The highest BCUT2D eigenvalue weighted by atomic mass is 14.9. The molecule has 0 aliphatic carbocycles. The monoisotopic (exact) mass is 201 g/mol. The fourth-order valence-electron chi connectivity index (χ4n) is 1.55. The van der Waals surface area contributed by atoms with Gasteiger partial charge in [-0.3, -0.25) is 0 Å². The smallest absolute Gasteiger partial charge is 0.0214 e. The van der Waals surface area contributed by atoms with E-state index in [0.717, 1.165) is 19.4 Å². The second-order valence-corrected chi connectivity index (χ2v) is 3.72. The minimum absolute atomic E-state index is 0.519. The van der Waals surface area contributed by atoms with Gasteiger partial charge in [-0.25, -0.2) is 0 Å². The van der Waals surface area contributed by atoms with Crippen LogP contribution in [0.5, 0.6) is 0 Å². The van der Waals surface area contributed by atoms with Crippen LogP contribution < -0.4 is 5.32 Å². The van der Waals surface area contributed by atoms with Gasteiger partial charge in [-0.05, 0) is 25.8 Å². The van der Waals surface area contributed by atoms with Gasteiger partial charge in [0.2, 0.25) is 0 Å². The maximum Gasteiger partial charge on any atom is 0.0214 e. The van der Waals surface area contributed by atoms with Crippen LogP contribution in [0.15, 0.2) is 30.3 Å². The van der Waals surface area contributed by atoms with Gasteiger partial charge in [-0.15, -0.1) is 11.8 Å². The Kier molecular flexibility index (Phi) is 5.58. The van der Waals surface area contributed by atoms with E-state index >= 15 is 0 Å². The largest absolute Gasteiger partial charge is 0.313 e. The van der Waals surface area contributed by atoms with Crippen molar-refractivity contribution < 1.29 is 0 Å². The molecule has 1 N–H and O–H groups in total. The summed E-state index contributed by atoms with van der Waals surface area (Å²) in [5, 5.41) is 3.46. The number of rotatable bonds is 5. The molecule has 0 heterocycles. The summed E-state index contributed by atoms with van der Waals surface area (Å²) in [5.74, 6) is 5.96. The maximum absolute atomic E-state index is 3.46. The summed E-state index contributed by atoms with van der Waals surface area (Å²) >= 11 is 0. The van der Waals surface area contributed by atoms with Crippen LogP contribution in [0.4, 0.5) is 0 Å². The molecular formula is C14H19N. The predicted octanol–water partition coefficient (Wildman–Crippen LogP) is 2.62. The molecule has 0 aliphatic rings. The Morgan fingerprint density at radius 2 is 2.00 bits per heavy atom. The molecule has 0 aromatic heterocycles. The summed E-state index contributed by atoms with van der Waals surface area (Å²) < 4.78 is 0. The van der Waals surface area contributed by atoms with Gasteiger partial charge in [0.25, 0.3) is 0 Å². The van der Waals surface area contributed by atoms with Crippen molar-refractivity contribution in [1.29, 1.82) is 0 Å². The third-order valence-corrected chi connectivity index (χ3v) is 2.30. The average molecular weight is 201 g/mol. The first kappa shape index (κ1) is 11.8. The highest BCUT2D eigenvalue weighted by molar-refractivity contribution is 5.15. The second kappa shape index (κ2) is 7.09. The second-order valence-electron chi connectivity index (χ2n) is 3.72. The Hall–Kier alpha value is -1.26. The molecule has 0 aliphatic heterocycles. The molecule has 1 unspecified atom stereocenters. The number of hydrogen-bond acceptors (Lipinski definition) is 1. The third kappa shape index (κ3) is 5.24. The van der Waals surface area contributed by atoms with E-state index in [2.05, 4.69) is 54.4 Å². The quantitative estimate of drug-likeness (QED) is 0.570. The SMILES string of the molecule is CC#CCCNC(C)Cc1ccccc1. The minimum atomic E-state index is 0.519. The van der Waals surface area contributed by atoms with Crippen molar-refractivity contribution in [2.75, 3.05) is 6.54 Å². The average Bonchev–Trinajstić information content (AvgIpc) is 2.26. The molecule has 0 fully saturated rings. The zero-order chi connectivity index (χ0) is 10.9. The summed E-state index contributed by atoms with van der Waals surface area (Å²) in [6.07, 6.45) is 2.02. The van der Waals surface area contributed by atoms with Crippen molar-refractivity contribution in [3.8, 4) is 11.8 Å². The molecule has 1 aromatic rings. The van der Waals surface area contributed by atoms with E-state index in [1.54, 1.807) is 0 Å². The maximum atomic E-state index is 3.46. The van der Waals surface area contributed by atoms with Crippen LogP contribution in [0.25, 0.3) is 0 Å². The summed E-state index contributed by atoms with van der Waals surface area (Å²) in [5.41, 5.74) is 1.39. The number of nitrogens with one attached hydrogen (secondary N) is 1. The number of benzene rings is 1. The lowest BCUT2D eigenvalue weighted by Gasteiger charge is -2.12. The molecule has 1 nitrogen and oxygen atoms in total. The molecule has 0 radical (unpaired) electrons. The van der Waals surface area contributed by atoms with E-state index in [0.29, 0.717) is 6.04 Å². The van der Waals surface area contributed by atoms with E-state index in [-0.39, 0.29) is 0 Å². The van der Waals surface area contributed by atoms with Gasteiger partial charge in [-0.2, -0.15) is 0 Å². The third-order valence-electron chi connectivity index (χ3n) is 2.30. The first-order valence-electron chi connectivity index (χ1n) is 5.50. The lowest BCUT2D eigenvalue weighted by atomic mass is 10.1.